The van der Waals surface area contributed by atoms with Crippen LogP contribution < -0.4 is 5.90 Å². The quantitative estimate of drug-likeness (QED) is 0.388. The lowest BCUT2D eigenvalue weighted by Crippen LogP contribution is -2.42. The molecule has 0 radical (unpaired) electrons. The van der Waals surface area contributed by atoms with Gasteiger partial charge in [0.05, 0.1) is 0 Å². The van der Waals surface area contributed by atoms with Crippen molar-refractivity contribution in [3.63, 3.8) is 0 Å². The molecular formula is C5H13N2O+. The van der Waals surface area contributed by atoms with Gasteiger partial charge >= 0.3 is 0 Å². The lowest BCUT2D eigenvalue weighted by molar-refractivity contribution is -1.09. The smallest absolute Gasteiger partial charge is 0.111 e. The van der Waals surface area contributed by atoms with Gasteiger partial charge < -0.3 is 0 Å². The number of likely N-dealkylation sites (tertiary alicyclic amines) is 1. The third-order valence-electron chi connectivity index (χ3n) is 1.77. The number of quaternary nitrogens is 1. The molecule has 0 aromatic heterocycles. The van der Waals surface area contributed by atoms with Gasteiger partial charge in [0, 0.05) is 12.8 Å². The molecule has 1 rings (SSSR count). The van der Waals surface area contributed by atoms with Gasteiger partial charge in [-0.15, -0.1) is 4.94 Å². The summed E-state index contributed by atoms with van der Waals surface area (Å²) in [6.45, 7) is 2.13. The third kappa shape index (κ3) is 0.992. The first-order chi connectivity index (χ1) is 3.77. The van der Waals surface area contributed by atoms with Gasteiger partial charge in [-0.05, 0) is 0 Å². The summed E-state index contributed by atoms with van der Waals surface area (Å²) in [5.74, 6) is 5.04. The number of hydrogen-bond acceptors (Lipinski definition) is 2. The summed E-state index contributed by atoms with van der Waals surface area (Å²) in [4.78, 5) is 4.74. The third-order valence-corrected chi connectivity index (χ3v) is 1.77. The molecular weight excluding hydrogens is 104 g/mol. The maximum Gasteiger partial charge on any atom is 0.111 e. The Kier molecular flexibility index (Phi) is 1.51. The minimum absolute atomic E-state index is 0.597. The number of hydroxylamine groups is 3. The minimum atomic E-state index is 0.597. The van der Waals surface area contributed by atoms with Crippen LogP contribution in [-0.4, -0.2) is 24.8 Å². The van der Waals surface area contributed by atoms with Gasteiger partial charge in [-0.25, -0.2) is 0 Å². The van der Waals surface area contributed by atoms with Crippen LogP contribution in [0.15, 0.2) is 0 Å². The zero-order valence-electron chi connectivity index (χ0n) is 5.26. The fraction of sp³-hybridized carbons (Fsp3) is 1.00. The highest BCUT2D eigenvalue weighted by Crippen LogP contribution is 2.14. The van der Waals surface area contributed by atoms with Crippen molar-refractivity contribution in [1.82, 2.24) is 0 Å². The number of nitrogens with zero attached hydrogens (tertiary/aromatic N) is 1. The molecule has 1 aliphatic heterocycles. The summed E-state index contributed by atoms with van der Waals surface area (Å²) in [6, 6.07) is 0. The van der Waals surface area contributed by atoms with E-state index in [-0.39, 0.29) is 0 Å². The Balaban J connectivity index is 2.40. The second-order valence-corrected chi connectivity index (χ2v) is 2.56. The largest absolute Gasteiger partial charge is 0.162 e. The Hall–Kier alpha value is -0.120. The molecule has 0 aromatic carbocycles. The average molecular weight is 117 g/mol. The topological polar surface area (TPSA) is 35.2 Å². The van der Waals surface area contributed by atoms with Crippen molar-refractivity contribution in [1.29, 1.82) is 0 Å². The molecule has 8 heavy (non-hydrogen) atoms. The maximum absolute atomic E-state index is 5.04. The molecule has 0 bridgehead atoms. The van der Waals surface area contributed by atoms with Gasteiger partial charge in [-0.3, -0.25) is 0 Å². The van der Waals surface area contributed by atoms with Crippen LogP contribution in [0.4, 0.5) is 0 Å². The summed E-state index contributed by atoms with van der Waals surface area (Å²) >= 11 is 0. The van der Waals surface area contributed by atoms with Crippen LogP contribution in [0, 0.1) is 0 Å². The number of nitrogens with two attached hydrogens (primary N) is 1. The fourth-order valence-electron chi connectivity index (χ4n) is 1.11. The molecule has 0 aliphatic carbocycles. The second-order valence-electron chi connectivity index (χ2n) is 2.56. The SMILES string of the molecule is C[N+]1(ON)CCCC1. The zero-order chi connectivity index (χ0) is 6.04. The predicted molar refractivity (Wildman–Crippen MR) is 30.4 cm³/mol. The molecule has 0 atom stereocenters. The normalized spacial score (nSPS) is 26.2. The van der Waals surface area contributed by atoms with Crippen molar-refractivity contribution < 1.29 is 9.58 Å². The van der Waals surface area contributed by atoms with Crippen molar-refractivity contribution in [2.45, 2.75) is 12.8 Å². The van der Waals surface area contributed by atoms with Gasteiger partial charge in [0.15, 0.2) is 0 Å². The Bertz CT molecular complexity index is 78.5. The van der Waals surface area contributed by atoms with Crippen molar-refractivity contribution in [2.75, 3.05) is 20.1 Å². The molecule has 1 aliphatic rings. The molecule has 0 spiro atoms. The lowest BCUT2D eigenvalue weighted by Gasteiger charge is -2.21. The number of hydrogen-bond donors (Lipinski definition) is 1. The van der Waals surface area contributed by atoms with Crippen molar-refractivity contribution in [3.8, 4) is 0 Å². The number of rotatable bonds is 1. The monoisotopic (exact) mass is 117 g/mol. The van der Waals surface area contributed by atoms with Crippen LogP contribution in [0.25, 0.3) is 0 Å². The highest BCUT2D eigenvalue weighted by atomic mass is 16.8. The minimum Gasteiger partial charge on any atom is -0.162 e. The molecule has 48 valence electrons. The van der Waals surface area contributed by atoms with Gasteiger partial charge in [-0.1, -0.05) is 0 Å². The van der Waals surface area contributed by atoms with E-state index in [4.69, 9.17) is 10.8 Å². The second kappa shape index (κ2) is 2.01. The van der Waals surface area contributed by atoms with Crippen LogP contribution in [0.1, 0.15) is 12.8 Å². The average Bonchev–Trinajstić information content (AvgIpc) is 2.17. The van der Waals surface area contributed by atoms with Crippen LogP contribution in [0.2, 0.25) is 0 Å². The fourth-order valence-corrected chi connectivity index (χ4v) is 1.11. The highest BCUT2D eigenvalue weighted by Gasteiger charge is 2.27. The molecule has 3 nitrogen and oxygen atoms in total. The Labute approximate surface area is 49.5 Å². The molecule has 3 heteroatoms. The van der Waals surface area contributed by atoms with E-state index in [2.05, 4.69) is 0 Å². The Morgan fingerprint density at radius 3 is 2.12 bits per heavy atom. The molecule has 1 fully saturated rings. The summed E-state index contributed by atoms with van der Waals surface area (Å²) in [5, 5.41) is 0. The van der Waals surface area contributed by atoms with E-state index in [1.165, 1.54) is 12.8 Å². The molecule has 0 aromatic rings. The first-order valence-electron chi connectivity index (χ1n) is 3.00. The van der Waals surface area contributed by atoms with Crippen LogP contribution in [0.3, 0.4) is 0 Å². The molecule has 2 N–H and O–H groups in total. The standard InChI is InChI=1S/C5H13N2O/c1-7(8-6)4-2-3-5-7/h2-6H2,1H3/q+1. The first-order valence-corrected chi connectivity index (χ1v) is 3.00. The summed E-state index contributed by atoms with van der Waals surface area (Å²) in [6.07, 6.45) is 2.49. The van der Waals surface area contributed by atoms with E-state index in [1.54, 1.807) is 0 Å². The van der Waals surface area contributed by atoms with Crippen molar-refractivity contribution in [2.24, 2.45) is 5.90 Å². The van der Waals surface area contributed by atoms with Crippen molar-refractivity contribution in [3.05, 3.63) is 0 Å². The van der Waals surface area contributed by atoms with Gasteiger partial charge in [0.25, 0.3) is 0 Å². The van der Waals surface area contributed by atoms with Crippen molar-refractivity contribution >= 4 is 0 Å². The zero-order valence-corrected chi connectivity index (χ0v) is 5.26. The van der Waals surface area contributed by atoms with Gasteiger partial charge in [-0.2, -0.15) is 10.5 Å². The van der Waals surface area contributed by atoms with Crippen LogP contribution >= 0.6 is 0 Å². The van der Waals surface area contributed by atoms with Crippen LogP contribution in [0.5, 0.6) is 0 Å². The van der Waals surface area contributed by atoms with E-state index in [1.807, 2.05) is 7.05 Å². The van der Waals surface area contributed by atoms with Gasteiger partial charge in [0.1, 0.15) is 20.1 Å². The summed E-state index contributed by atoms with van der Waals surface area (Å²) in [7, 11) is 2.01. The molecule has 0 unspecified atom stereocenters. The van der Waals surface area contributed by atoms with E-state index < -0.39 is 0 Å². The Morgan fingerprint density at radius 1 is 1.38 bits per heavy atom. The maximum atomic E-state index is 5.04. The molecule has 0 amide bonds. The lowest BCUT2D eigenvalue weighted by atomic mass is 10.4. The van der Waals surface area contributed by atoms with Gasteiger partial charge in [0.2, 0.25) is 0 Å². The van der Waals surface area contributed by atoms with E-state index >= 15 is 0 Å². The molecule has 1 heterocycles. The first kappa shape index (κ1) is 6.01. The van der Waals surface area contributed by atoms with E-state index in [0.29, 0.717) is 4.65 Å². The summed E-state index contributed by atoms with van der Waals surface area (Å²) in [5.41, 5.74) is 0. The Morgan fingerprint density at radius 2 is 1.88 bits per heavy atom. The van der Waals surface area contributed by atoms with Crippen LogP contribution in [-0.2, 0) is 4.94 Å². The van der Waals surface area contributed by atoms with E-state index in [0.717, 1.165) is 13.1 Å². The molecule has 1 saturated heterocycles. The van der Waals surface area contributed by atoms with E-state index in [9.17, 15) is 0 Å². The highest BCUT2D eigenvalue weighted by molar-refractivity contribution is 4.44. The molecule has 0 saturated carbocycles. The predicted octanol–water partition coefficient (Wildman–Crippen LogP) is 0.0321. The summed E-state index contributed by atoms with van der Waals surface area (Å²) < 4.78 is 0.597.